The Bertz CT molecular complexity index is 705. The molecule has 0 bridgehead atoms. The van der Waals surface area contributed by atoms with Gasteiger partial charge in [-0.2, -0.15) is 0 Å². The molecule has 0 aliphatic heterocycles. The molecule has 0 saturated carbocycles. The number of carbonyl (C=O) groups is 1. The molecule has 3 N–H and O–H groups in total. The summed E-state index contributed by atoms with van der Waals surface area (Å²) in [6.45, 7) is 1.93. The van der Waals surface area contributed by atoms with Gasteiger partial charge < -0.3 is 20.5 Å². The fraction of sp³-hybridized carbons (Fsp3) is 0.278. The van der Waals surface area contributed by atoms with Crippen LogP contribution in [0.25, 0.3) is 0 Å². The second-order valence-electron chi connectivity index (χ2n) is 5.31. The van der Waals surface area contributed by atoms with E-state index in [1.807, 2.05) is 37.3 Å². The van der Waals surface area contributed by atoms with Crippen LogP contribution in [0.4, 0.5) is 11.4 Å². The highest BCUT2D eigenvalue weighted by molar-refractivity contribution is 5.92. The van der Waals surface area contributed by atoms with Crippen molar-refractivity contribution in [3.05, 3.63) is 47.5 Å². The van der Waals surface area contributed by atoms with Crippen LogP contribution in [0.3, 0.4) is 0 Å². The standard InChI is InChI=1S/C18H22N2O3.ClH/c1-12-4-7-14(19)11-15(12)20-18(21)9-6-13-5-8-16(22-2)17(10-13)23-3;/h4-5,7-8,10-11H,6,9,19H2,1-3H3,(H,20,21);1H. The smallest absolute Gasteiger partial charge is 0.224 e. The number of hydrogen-bond acceptors (Lipinski definition) is 4. The van der Waals surface area contributed by atoms with Crippen molar-refractivity contribution < 1.29 is 14.3 Å². The van der Waals surface area contributed by atoms with Crippen LogP contribution in [0.15, 0.2) is 36.4 Å². The average Bonchev–Trinajstić information content (AvgIpc) is 2.56. The van der Waals surface area contributed by atoms with E-state index in [0.29, 0.717) is 30.0 Å². The minimum atomic E-state index is -0.0477. The quantitative estimate of drug-likeness (QED) is 0.781. The van der Waals surface area contributed by atoms with Gasteiger partial charge in [0.15, 0.2) is 11.5 Å². The average molecular weight is 351 g/mol. The molecule has 2 rings (SSSR count). The summed E-state index contributed by atoms with van der Waals surface area (Å²) < 4.78 is 10.5. The number of nitrogens with one attached hydrogen (secondary N) is 1. The number of benzene rings is 2. The van der Waals surface area contributed by atoms with Gasteiger partial charge in [-0.15, -0.1) is 12.4 Å². The zero-order valence-corrected chi connectivity index (χ0v) is 14.9. The molecule has 0 aliphatic carbocycles. The van der Waals surface area contributed by atoms with Crippen molar-refractivity contribution >= 4 is 29.7 Å². The minimum Gasteiger partial charge on any atom is -0.493 e. The summed E-state index contributed by atoms with van der Waals surface area (Å²) in [4.78, 5) is 12.1. The topological polar surface area (TPSA) is 73.6 Å². The van der Waals surface area contributed by atoms with Gasteiger partial charge >= 0.3 is 0 Å². The Morgan fingerprint density at radius 2 is 1.79 bits per heavy atom. The highest BCUT2D eigenvalue weighted by Crippen LogP contribution is 2.28. The summed E-state index contributed by atoms with van der Waals surface area (Å²) >= 11 is 0. The maximum Gasteiger partial charge on any atom is 0.224 e. The second-order valence-corrected chi connectivity index (χ2v) is 5.31. The lowest BCUT2D eigenvalue weighted by Crippen LogP contribution is -2.13. The number of nitrogen functional groups attached to an aromatic ring is 1. The Morgan fingerprint density at radius 3 is 2.46 bits per heavy atom. The lowest BCUT2D eigenvalue weighted by Gasteiger charge is -2.11. The first-order valence-corrected chi connectivity index (χ1v) is 7.40. The molecule has 0 unspecified atom stereocenters. The van der Waals surface area contributed by atoms with Crippen molar-refractivity contribution in [2.75, 3.05) is 25.3 Å². The van der Waals surface area contributed by atoms with Crippen molar-refractivity contribution in [2.45, 2.75) is 19.8 Å². The normalized spacial score (nSPS) is 9.79. The third-order valence-corrected chi connectivity index (χ3v) is 3.62. The van der Waals surface area contributed by atoms with Gasteiger partial charge in [-0.25, -0.2) is 0 Å². The van der Waals surface area contributed by atoms with E-state index in [1.165, 1.54) is 0 Å². The van der Waals surface area contributed by atoms with Gasteiger partial charge in [0.25, 0.3) is 0 Å². The lowest BCUT2D eigenvalue weighted by atomic mass is 10.1. The molecule has 6 heteroatoms. The number of hydrogen-bond donors (Lipinski definition) is 2. The first-order valence-electron chi connectivity index (χ1n) is 7.40. The minimum absolute atomic E-state index is 0. The summed E-state index contributed by atoms with van der Waals surface area (Å²) in [5.41, 5.74) is 9.13. The summed E-state index contributed by atoms with van der Waals surface area (Å²) in [7, 11) is 3.19. The zero-order valence-electron chi connectivity index (χ0n) is 14.1. The van der Waals surface area contributed by atoms with E-state index >= 15 is 0 Å². The van der Waals surface area contributed by atoms with Crippen molar-refractivity contribution in [3.63, 3.8) is 0 Å². The van der Waals surface area contributed by atoms with Gasteiger partial charge in [-0.1, -0.05) is 12.1 Å². The number of aryl methyl sites for hydroxylation is 2. The Hall–Kier alpha value is -2.40. The number of anilines is 2. The monoisotopic (exact) mass is 350 g/mol. The van der Waals surface area contributed by atoms with Crippen molar-refractivity contribution in [1.82, 2.24) is 0 Å². The first-order chi connectivity index (χ1) is 11.0. The molecule has 5 nitrogen and oxygen atoms in total. The van der Waals surface area contributed by atoms with Crippen molar-refractivity contribution in [3.8, 4) is 11.5 Å². The van der Waals surface area contributed by atoms with Crippen LogP contribution in [-0.2, 0) is 11.2 Å². The third kappa shape index (κ3) is 5.06. The van der Waals surface area contributed by atoms with Crippen LogP contribution >= 0.6 is 12.4 Å². The van der Waals surface area contributed by atoms with Crippen molar-refractivity contribution in [2.24, 2.45) is 0 Å². The molecule has 2 aromatic rings. The van der Waals surface area contributed by atoms with E-state index in [9.17, 15) is 4.79 Å². The molecule has 0 fully saturated rings. The SMILES string of the molecule is COc1ccc(CCC(=O)Nc2cc(N)ccc2C)cc1OC.Cl. The van der Waals surface area contributed by atoms with E-state index in [4.69, 9.17) is 15.2 Å². The number of amides is 1. The van der Waals surface area contributed by atoms with E-state index < -0.39 is 0 Å². The zero-order chi connectivity index (χ0) is 16.8. The number of halogens is 1. The fourth-order valence-electron chi connectivity index (χ4n) is 2.28. The summed E-state index contributed by atoms with van der Waals surface area (Å²) in [5.74, 6) is 1.29. The number of ether oxygens (including phenoxy) is 2. The predicted octanol–water partition coefficient (Wildman–Crippen LogP) is 3.59. The molecule has 0 radical (unpaired) electrons. The molecule has 0 spiro atoms. The largest absolute Gasteiger partial charge is 0.493 e. The number of methoxy groups -OCH3 is 2. The molecular weight excluding hydrogens is 328 g/mol. The van der Waals surface area contributed by atoms with Crippen LogP contribution in [0.1, 0.15) is 17.5 Å². The van der Waals surface area contributed by atoms with Crippen LogP contribution in [0, 0.1) is 6.92 Å². The molecule has 0 saturated heterocycles. The summed E-state index contributed by atoms with van der Waals surface area (Å²) in [6.07, 6.45) is 0.997. The van der Waals surface area contributed by atoms with Gasteiger partial charge in [-0.3, -0.25) is 4.79 Å². The maximum atomic E-state index is 12.1. The van der Waals surface area contributed by atoms with Gasteiger partial charge in [0, 0.05) is 17.8 Å². The Morgan fingerprint density at radius 1 is 1.08 bits per heavy atom. The van der Waals surface area contributed by atoms with E-state index in [2.05, 4.69) is 5.32 Å². The highest BCUT2D eigenvalue weighted by Gasteiger charge is 2.08. The molecule has 130 valence electrons. The Balaban J connectivity index is 0.00000288. The van der Waals surface area contributed by atoms with Crippen LogP contribution in [0.5, 0.6) is 11.5 Å². The maximum absolute atomic E-state index is 12.1. The summed E-state index contributed by atoms with van der Waals surface area (Å²) in [5, 5.41) is 2.90. The van der Waals surface area contributed by atoms with Gasteiger partial charge in [-0.05, 0) is 48.7 Å². The van der Waals surface area contributed by atoms with E-state index in [-0.39, 0.29) is 18.3 Å². The van der Waals surface area contributed by atoms with E-state index in [0.717, 1.165) is 16.8 Å². The van der Waals surface area contributed by atoms with Gasteiger partial charge in [0.2, 0.25) is 5.91 Å². The highest BCUT2D eigenvalue weighted by atomic mass is 35.5. The molecule has 1 amide bonds. The molecule has 0 aliphatic rings. The lowest BCUT2D eigenvalue weighted by molar-refractivity contribution is -0.116. The molecule has 2 aromatic carbocycles. The number of carbonyl (C=O) groups excluding carboxylic acids is 1. The van der Waals surface area contributed by atoms with Crippen LogP contribution in [0.2, 0.25) is 0 Å². The van der Waals surface area contributed by atoms with Crippen molar-refractivity contribution in [1.29, 1.82) is 0 Å². The second kappa shape index (κ2) is 9.03. The van der Waals surface area contributed by atoms with Gasteiger partial charge in [0.05, 0.1) is 14.2 Å². The molecule has 0 heterocycles. The molecule has 0 atom stereocenters. The third-order valence-electron chi connectivity index (χ3n) is 3.62. The Labute approximate surface area is 148 Å². The molecular formula is C18H23ClN2O3. The number of nitrogens with two attached hydrogens (primary N) is 1. The Kier molecular flexibility index (Phi) is 7.39. The number of rotatable bonds is 6. The molecule has 0 aromatic heterocycles. The predicted molar refractivity (Wildman–Crippen MR) is 99.3 cm³/mol. The van der Waals surface area contributed by atoms with Gasteiger partial charge in [0.1, 0.15) is 0 Å². The van der Waals surface area contributed by atoms with Crippen LogP contribution in [-0.4, -0.2) is 20.1 Å². The van der Waals surface area contributed by atoms with Crippen LogP contribution < -0.4 is 20.5 Å². The summed E-state index contributed by atoms with van der Waals surface area (Å²) in [6, 6.07) is 11.1. The first kappa shape index (κ1) is 19.6. The molecule has 24 heavy (non-hydrogen) atoms. The fourth-order valence-corrected chi connectivity index (χ4v) is 2.28. The van der Waals surface area contributed by atoms with E-state index in [1.54, 1.807) is 20.3 Å².